The maximum atomic E-state index is 12.0. The molecule has 2 unspecified atom stereocenters. The number of amides is 1. The number of hydrogen-bond donors (Lipinski definition) is 2. The molecule has 2 rings (SSSR count). The topological polar surface area (TPSA) is 106 Å². The first-order valence-electron chi connectivity index (χ1n) is 6.82. The van der Waals surface area contributed by atoms with Gasteiger partial charge in [-0.2, -0.15) is 0 Å². The summed E-state index contributed by atoms with van der Waals surface area (Å²) in [6.07, 6.45) is 2.06. The van der Waals surface area contributed by atoms with Crippen molar-refractivity contribution in [2.75, 3.05) is 13.1 Å². The molecule has 2 heterocycles. The van der Waals surface area contributed by atoms with E-state index in [1.165, 1.54) is 0 Å². The summed E-state index contributed by atoms with van der Waals surface area (Å²) in [5, 5.41) is 16.8. The van der Waals surface area contributed by atoms with E-state index >= 15 is 0 Å². The van der Waals surface area contributed by atoms with Crippen molar-refractivity contribution in [1.29, 1.82) is 0 Å². The number of piperidine rings is 1. The van der Waals surface area contributed by atoms with Gasteiger partial charge in [0, 0.05) is 24.7 Å². The highest BCUT2D eigenvalue weighted by Crippen LogP contribution is 2.11. The molecule has 1 fully saturated rings. The van der Waals surface area contributed by atoms with Crippen LogP contribution in [0.2, 0.25) is 0 Å². The second-order valence-corrected chi connectivity index (χ2v) is 5.25. The van der Waals surface area contributed by atoms with Crippen molar-refractivity contribution in [1.82, 2.24) is 15.2 Å². The number of carbonyl (C=O) groups is 1. The Hall–Kier alpha value is -2.22. The molecule has 0 radical (unpaired) electrons. The summed E-state index contributed by atoms with van der Waals surface area (Å²) in [6, 6.07) is 2.24. The SMILES string of the molecule is CC1CCNCC1NC(=O)Cn1cc([N+](=O)[O-])ccc1=O. The average molecular weight is 294 g/mol. The van der Waals surface area contributed by atoms with Gasteiger partial charge in [-0.3, -0.25) is 24.3 Å². The molecule has 0 spiro atoms. The molecule has 1 aliphatic heterocycles. The van der Waals surface area contributed by atoms with Crippen LogP contribution in [-0.2, 0) is 11.3 Å². The highest BCUT2D eigenvalue weighted by Gasteiger charge is 2.22. The van der Waals surface area contributed by atoms with Crippen LogP contribution in [0.5, 0.6) is 0 Å². The lowest BCUT2D eigenvalue weighted by Gasteiger charge is -2.30. The minimum absolute atomic E-state index is 0.0145. The Morgan fingerprint density at radius 1 is 1.57 bits per heavy atom. The molecule has 1 aromatic rings. The van der Waals surface area contributed by atoms with E-state index in [1.807, 2.05) is 0 Å². The Balaban J connectivity index is 2.03. The molecule has 1 aliphatic rings. The van der Waals surface area contributed by atoms with Crippen molar-refractivity contribution in [3.63, 3.8) is 0 Å². The molecule has 8 nitrogen and oxygen atoms in total. The first kappa shape index (κ1) is 15.2. The van der Waals surface area contributed by atoms with Crippen LogP contribution in [0.1, 0.15) is 13.3 Å². The fourth-order valence-electron chi connectivity index (χ4n) is 2.34. The predicted molar refractivity (Wildman–Crippen MR) is 75.9 cm³/mol. The first-order valence-corrected chi connectivity index (χ1v) is 6.82. The van der Waals surface area contributed by atoms with E-state index in [4.69, 9.17) is 0 Å². The lowest BCUT2D eigenvalue weighted by atomic mass is 9.95. The summed E-state index contributed by atoms with van der Waals surface area (Å²) in [4.78, 5) is 33.7. The van der Waals surface area contributed by atoms with Crippen LogP contribution < -0.4 is 16.2 Å². The Morgan fingerprint density at radius 2 is 2.33 bits per heavy atom. The second kappa shape index (κ2) is 6.49. The Labute approximate surface area is 121 Å². The van der Waals surface area contributed by atoms with Crippen LogP contribution in [0.4, 0.5) is 5.69 Å². The van der Waals surface area contributed by atoms with E-state index in [0.717, 1.165) is 35.9 Å². The van der Waals surface area contributed by atoms with E-state index in [2.05, 4.69) is 17.6 Å². The monoisotopic (exact) mass is 294 g/mol. The van der Waals surface area contributed by atoms with Crippen LogP contribution in [0, 0.1) is 16.0 Å². The van der Waals surface area contributed by atoms with Crippen LogP contribution in [0.25, 0.3) is 0 Å². The maximum Gasteiger partial charge on any atom is 0.285 e. The zero-order valence-electron chi connectivity index (χ0n) is 11.7. The van der Waals surface area contributed by atoms with Gasteiger partial charge in [0.05, 0.1) is 11.1 Å². The van der Waals surface area contributed by atoms with Gasteiger partial charge in [-0.05, 0) is 18.9 Å². The number of aromatic nitrogens is 1. The minimum Gasteiger partial charge on any atom is -0.350 e. The van der Waals surface area contributed by atoms with Crippen LogP contribution in [0.15, 0.2) is 23.1 Å². The molecule has 1 saturated heterocycles. The van der Waals surface area contributed by atoms with Crippen LogP contribution >= 0.6 is 0 Å². The average Bonchev–Trinajstić information content (AvgIpc) is 2.43. The highest BCUT2D eigenvalue weighted by molar-refractivity contribution is 5.76. The number of rotatable bonds is 4. The van der Waals surface area contributed by atoms with Gasteiger partial charge in [-0.25, -0.2) is 0 Å². The minimum atomic E-state index is -0.596. The number of nitro groups is 1. The normalized spacial score (nSPS) is 21.8. The third kappa shape index (κ3) is 3.88. The molecular weight excluding hydrogens is 276 g/mol. The number of hydrogen-bond acceptors (Lipinski definition) is 5. The molecule has 2 N–H and O–H groups in total. The molecule has 1 aromatic heterocycles. The van der Waals surface area contributed by atoms with Crippen molar-refractivity contribution in [3.05, 3.63) is 38.8 Å². The van der Waals surface area contributed by atoms with E-state index in [0.29, 0.717) is 12.5 Å². The van der Waals surface area contributed by atoms with Gasteiger partial charge in [0.25, 0.3) is 11.2 Å². The van der Waals surface area contributed by atoms with Crippen molar-refractivity contribution in [3.8, 4) is 0 Å². The molecule has 1 amide bonds. The molecule has 0 saturated carbocycles. The maximum absolute atomic E-state index is 12.0. The number of nitrogens with zero attached hydrogens (tertiary/aromatic N) is 2. The Morgan fingerprint density at radius 3 is 3.00 bits per heavy atom. The molecule has 21 heavy (non-hydrogen) atoms. The molecule has 0 aromatic carbocycles. The van der Waals surface area contributed by atoms with Gasteiger partial charge >= 0.3 is 0 Å². The summed E-state index contributed by atoms with van der Waals surface area (Å²) in [7, 11) is 0. The summed E-state index contributed by atoms with van der Waals surface area (Å²) in [5.74, 6) is 0.0372. The van der Waals surface area contributed by atoms with Crippen molar-refractivity contribution in [2.45, 2.75) is 25.9 Å². The predicted octanol–water partition coefficient (Wildman–Crippen LogP) is -0.129. The summed E-state index contributed by atoms with van der Waals surface area (Å²) < 4.78 is 1.05. The Kier molecular flexibility index (Phi) is 4.69. The van der Waals surface area contributed by atoms with Crippen molar-refractivity contribution >= 4 is 11.6 Å². The fraction of sp³-hybridized carbons (Fsp3) is 0.538. The van der Waals surface area contributed by atoms with Gasteiger partial charge < -0.3 is 10.6 Å². The lowest BCUT2D eigenvalue weighted by molar-refractivity contribution is -0.385. The number of nitrogens with one attached hydrogen (secondary N) is 2. The lowest BCUT2D eigenvalue weighted by Crippen LogP contribution is -2.51. The van der Waals surface area contributed by atoms with Crippen LogP contribution in [-0.4, -0.2) is 34.5 Å². The van der Waals surface area contributed by atoms with Gasteiger partial charge in [0.2, 0.25) is 5.91 Å². The van der Waals surface area contributed by atoms with E-state index in [-0.39, 0.29) is 24.2 Å². The van der Waals surface area contributed by atoms with Crippen molar-refractivity contribution < 1.29 is 9.72 Å². The van der Waals surface area contributed by atoms with E-state index < -0.39 is 10.5 Å². The van der Waals surface area contributed by atoms with E-state index in [1.54, 1.807) is 0 Å². The van der Waals surface area contributed by atoms with Gasteiger partial charge in [-0.15, -0.1) is 0 Å². The molecule has 0 bridgehead atoms. The first-order chi connectivity index (χ1) is 9.97. The van der Waals surface area contributed by atoms with Gasteiger partial charge in [0.1, 0.15) is 6.54 Å². The van der Waals surface area contributed by atoms with Gasteiger partial charge in [0.15, 0.2) is 0 Å². The third-order valence-electron chi connectivity index (χ3n) is 3.67. The third-order valence-corrected chi connectivity index (χ3v) is 3.67. The quantitative estimate of drug-likeness (QED) is 0.594. The standard InChI is InChI=1S/C13H18N4O4/c1-9-4-5-14-6-11(9)15-12(18)8-16-7-10(17(20)21)2-3-13(16)19/h2-3,7,9,11,14H,4-6,8H2,1H3,(H,15,18). The zero-order chi connectivity index (χ0) is 15.4. The number of carbonyl (C=O) groups excluding carboxylic acids is 1. The smallest absolute Gasteiger partial charge is 0.285 e. The molecule has 8 heteroatoms. The van der Waals surface area contributed by atoms with Crippen LogP contribution in [0.3, 0.4) is 0 Å². The molecular formula is C13H18N4O4. The number of pyridine rings is 1. The van der Waals surface area contributed by atoms with Crippen molar-refractivity contribution in [2.24, 2.45) is 5.92 Å². The fourth-order valence-corrected chi connectivity index (χ4v) is 2.34. The summed E-state index contributed by atoms with van der Waals surface area (Å²) in [6.45, 7) is 3.46. The second-order valence-electron chi connectivity index (χ2n) is 5.25. The van der Waals surface area contributed by atoms with E-state index in [9.17, 15) is 19.7 Å². The highest BCUT2D eigenvalue weighted by atomic mass is 16.6. The molecule has 2 atom stereocenters. The molecule has 0 aliphatic carbocycles. The summed E-state index contributed by atoms with van der Waals surface area (Å²) >= 11 is 0. The largest absolute Gasteiger partial charge is 0.350 e. The Bertz CT molecular complexity index is 598. The van der Waals surface area contributed by atoms with Gasteiger partial charge in [-0.1, -0.05) is 6.92 Å². The summed E-state index contributed by atoms with van der Waals surface area (Å²) in [5.41, 5.74) is -0.652. The molecule has 114 valence electrons. The zero-order valence-corrected chi connectivity index (χ0v) is 11.7.